The summed E-state index contributed by atoms with van der Waals surface area (Å²) in [5.74, 6) is 2.23. The van der Waals surface area contributed by atoms with Crippen LogP contribution in [0.15, 0.2) is 6.33 Å². The molecular formula is C20H27N7O. The zero-order valence-electron chi connectivity index (χ0n) is 17.0. The molecule has 5 rings (SSSR count). The van der Waals surface area contributed by atoms with Crippen LogP contribution in [0.2, 0.25) is 0 Å². The van der Waals surface area contributed by atoms with E-state index in [0.717, 1.165) is 61.8 Å². The number of nitrogens with zero attached hydrogens (tertiary/aromatic N) is 7. The van der Waals surface area contributed by atoms with Crippen molar-refractivity contribution in [1.29, 1.82) is 0 Å². The molecule has 3 aromatic heterocycles. The number of aryl methyl sites for hydroxylation is 2. The van der Waals surface area contributed by atoms with Crippen molar-refractivity contribution in [3.05, 3.63) is 34.8 Å². The van der Waals surface area contributed by atoms with Gasteiger partial charge in [-0.25, -0.2) is 14.5 Å². The van der Waals surface area contributed by atoms with Gasteiger partial charge in [-0.1, -0.05) is 13.8 Å². The zero-order valence-corrected chi connectivity index (χ0v) is 17.0. The Bertz CT molecular complexity index is 1030. The minimum absolute atomic E-state index is 0.0402. The molecule has 2 aliphatic heterocycles. The molecule has 0 spiro atoms. The van der Waals surface area contributed by atoms with Crippen LogP contribution >= 0.6 is 0 Å². The van der Waals surface area contributed by atoms with Crippen LogP contribution in [0, 0.1) is 6.92 Å². The summed E-state index contributed by atoms with van der Waals surface area (Å²) in [6.07, 6.45) is 4.72. The lowest BCUT2D eigenvalue weighted by molar-refractivity contribution is 0.110. The second-order valence-corrected chi connectivity index (χ2v) is 8.15. The van der Waals surface area contributed by atoms with E-state index in [1.165, 1.54) is 17.0 Å². The van der Waals surface area contributed by atoms with Gasteiger partial charge in [-0.15, -0.1) is 0 Å². The highest BCUT2D eigenvalue weighted by atomic mass is 16.5. The minimum Gasteiger partial charge on any atom is -0.372 e. The Hall–Kier alpha value is -2.48. The molecule has 0 saturated carbocycles. The van der Waals surface area contributed by atoms with Gasteiger partial charge >= 0.3 is 0 Å². The maximum atomic E-state index is 5.95. The van der Waals surface area contributed by atoms with Gasteiger partial charge in [-0.05, 0) is 25.7 Å². The predicted octanol–water partition coefficient (Wildman–Crippen LogP) is 2.70. The Morgan fingerprint density at radius 3 is 2.89 bits per heavy atom. The first-order chi connectivity index (χ1) is 13.5. The Morgan fingerprint density at radius 1 is 1.29 bits per heavy atom. The molecule has 1 unspecified atom stereocenters. The van der Waals surface area contributed by atoms with Crippen molar-refractivity contribution in [2.45, 2.75) is 58.6 Å². The lowest BCUT2D eigenvalue weighted by atomic mass is 9.99. The molecule has 0 aromatic carbocycles. The molecule has 8 nitrogen and oxygen atoms in total. The smallest absolute Gasteiger partial charge is 0.158 e. The van der Waals surface area contributed by atoms with E-state index in [4.69, 9.17) is 19.8 Å². The minimum atomic E-state index is 0.0402. The average molecular weight is 381 g/mol. The maximum absolute atomic E-state index is 5.95. The van der Waals surface area contributed by atoms with Crippen LogP contribution in [-0.4, -0.2) is 42.5 Å². The number of imidazole rings is 1. The summed E-state index contributed by atoms with van der Waals surface area (Å²) >= 11 is 0. The Kier molecular flexibility index (Phi) is 4.12. The van der Waals surface area contributed by atoms with Crippen molar-refractivity contribution >= 4 is 11.3 Å². The normalized spacial score (nSPS) is 19.8. The lowest BCUT2D eigenvalue weighted by Crippen LogP contribution is -2.32. The van der Waals surface area contributed by atoms with Gasteiger partial charge in [0.05, 0.1) is 5.69 Å². The quantitative estimate of drug-likeness (QED) is 0.695. The molecule has 0 radical (unpaired) electrons. The first-order valence-corrected chi connectivity index (χ1v) is 10.2. The highest BCUT2D eigenvalue weighted by Gasteiger charge is 2.30. The number of fused-ring (bicyclic) bond motifs is 2. The van der Waals surface area contributed by atoms with Crippen molar-refractivity contribution in [1.82, 2.24) is 29.4 Å². The fourth-order valence-corrected chi connectivity index (χ4v) is 4.60. The molecule has 0 bridgehead atoms. The molecule has 28 heavy (non-hydrogen) atoms. The number of hydrogen-bond donors (Lipinski definition) is 0. The summed E-state index contributed by atoms with van der Waals surface area (Å²) in [5, 5.41) is 9.25. The number of hydrogen-bond acceptors (Lipinski definition) is 6. The molecule has 0 aliphatic carbocycles. The van der Waals surface area contributed by atoms with Crippen LogP contribution in [0.4, 0.5) is 5.82 Å². The van der Waals surface area contributed by atoms with Crippen molar-refractivity contribution in [2.24, 2.45) is 7.05 Å². The third-order valence-corrected chi connectivity index (χ3v) is 5.96. The summed E-state index contributed by atoms with van der Waals surface area (Å²) in [4.78, 5) is 11.9. The largest absolute Gasteiger partial charge is 0.372 e. The lowest BCUT2D eigenvalue weighted by Gasteiger charge is -2.29. The Labute approximate surface area is 164 Å². The molecule has 0 amide bonds. The molecule has 2 aliphatic rings. The van der Waals surface area contributed by atoms with Gasteiger partial charge in [0.25, 0.3) is 0 Å². The molecule has 1 saturated heterocycles. The molecule has 148 valence electrons. The second-order valence-electron chi connectivity index (χ2n) is 8.15. The monoisotopic (exact) mass is 381 g/mol. The summed E-state index contributed by atoms with van der Waals surface area (Å²) < 4.78 is 9.92. The van der Waals surface area contributed by atoms with E-state index >= 15 is 0 Å². The first kappa shape index (κ1) is 17.6. The number of ether oxygens (including phenoxy) is 1. The maximum Gasteiger partial charge on any atom is 0.158 e. The number of anilines is 1. The highest BCUT2D eigenvalue weighted by Crippen LogP contribution is 2.36. The fourth-order valence-electron chi connectivity index (χ4n) is 4.60. The van der Waals surface area contributed by atoms with Gasteiger partial charge in [-0.3, -0.25) is 4.68 Å². The fraction of sp³-hybridized carbons (Fsp3) is 0.600. The van der Waals surface area contributed by atoms with Crippen molar-refractivity contribution in [3.8, 4) is 0 Å². The summed E-state index contributed by atoms with van der Waals surface area (Å²) in [6, 6.07) is 0. The third kappa shape index (κ3) is 2.62. The summed E-state index contributed by atoms with van der Waals surface area (Å²) in [6.45, 7) is 8.94. The van der Waals surface area contributed by atoms with E-state index < -0.39 is 0 Å². The molecule has 0 N–H and O–H groups in total. The van der Waals surface area contributed by atoms with Crippen molar-refractivity contribution < 1.29 is 4.74 Å². The Morgan fingerprint density at radius 2 is 2.14 bits per heavy atom. The first-order valence-electron chi connectivity index (χ1n) is 10.2. The van der Waals surface area contributed by atoms with Crippen LogP contribution in [0.1, 0.15) is 67.2 Å². The topological polar surface area (TPSA) is 73.4 Å². The van der Waals surface area contributed by atoms with Gasteiger partial charge in [0, 0.05) is 44.4 Å². The van der Waals surface area contributed by atoms with Crippen LogP contribution in [0.25, 0.3) is 5.52 Å². The Balaban J connectivity index is 1.61. The van der Waals surface area contributed by atoms with Gasteiger partial charge in [0.1, 0.15) is 29.5 Å². The van der Waals surface area contributed by atoms with Crippen molar-refractivity contribution in [3.63, 3.8) is 0 Å². The van der Waals surface area contributed by atoms with Gasteiger partial charge < -0.3 is 9.64 Å². The zero-order chi connectivity index (χ0) is 19.4. The van der Waals surface area contributed by atoms with Crippen LogP contribution in [0.3, 0.4) is 0 Å². The predicted molar refractivity (Wildman–Crippen MR) is 105 cm³/mol. The standard InChI is InChI=1S/C20H27N7O/c1-12(2)17-14-10-26(8-7-15(14)25(4)24-17)20-19-18(16-6-5-9-28-16)23-13(3)27(19)22-11-21-20/h11-12,16H,5-10H2,1-4H3. The SMILES string of the molecule is Cc1nc(C2CCCO2)c2c(N3CCc4c(c(C(C)C)nn4C)C3)ncnn12. The second kappa shape index (κ2) is 6.55. The van der Waals surface area contributed by atoms with E-state index in [1.54, 1.807) is 6.33 Å². The third-order valence-electron chi connectivity index (χ3n) is 5.96. The van der Waals surface area contributed by atoms with E-state index in [0.29, 0.717) is 5.92 Å². The van der Waals surface area contributed by atoms with Crippen LogP contribution in [-0.2, 0) is 24.8 Å². The number of aromatic nitrogens is 6. The molecule has 1 fully saturated rings. The molecular weight excluding hydrogens is 354 g/mol. The van der Waals surface area contributed by atoms with Crippen LogP contribution < -0.4 is 4.90 Å². The molecule has 3 aromatic rings. The van der Waals surface area contributed by atoms with Crippen LogP contribution in [0.5, 0.6) is 0 Å². The molecule has 5 heterocycles. The molecule has 1 atom stereocenters. The molecule has 8 heteroatoms. The summed E-state index contributed by atoms with van der Waals surface area (Å²) in [5.41, 5.74) is 5.85. The van der Waals surface area contributed by atoms with Gasteiger partial charge in [0.15, 0.2) is 5.82 Å². The van der Waals surface area contributed by atoms with E-state index in [2.05, 4.69) is 35.6 Å². The summed E-state index contributed by atoms with van der Waals surface area (Å²) in [7, 11) is 2.05. The van der Waals surface area contributed by atoms with Gasteiger partial charge in [0.2, 0.25) is 0 Å². The van der Waals surface area contributed by atoms with E-state index in [9.17, 15) is 0 Å². The average Bonchev–Trinajstić information content (AvgIpc) is 3.40. The van der Waals surface area contributed by atoms with Gasteiger partial charge in [-0.2, -0.15) is 10.2 Å². The van der Waals surface area contributed by atoms with Crippen molar-refractivity contribution in [2.75, 3.05) is 18.1 Å². The number of rotatable bonds is 3. The highest BCUT2D eigenvalue weighted by molar-refractivity contribution is 5.73. The van der Waals surface area contributed by atoms with E-state index in [-0.39, 0.29) is 6.10 Å². The van der Waals surface area contributed by atoms with E-state index in [1.807, 2.05) is 11.4 Å².